The molecule has 2 amide bonds. The minimum absolute atomic E-state index is 0.00782. The van der Waals surface area contributed by atoms with Crippen molar-refractivity contribution in [3.05, 3.63) is 119 Å². The third-order valence-corrected chi connectivity index (χ3v) is 9.49. The van der Waals surface area contributed by atoms with Crippen LogP contribution in [0.1, 0.15) is 31.9 Å². The number of nitrogens with zero attached hydrogens (tertiary/aromatic N) is 2. The molecule has 0 aliphatic heterocycles. The van der Waals surface area contributed by atoms with Gasteiger partial charge in [-0.25, -0.2) is 8.42 Å². The minimum Gasteiger partial charge on any atom is -0.493 e. The molecule has 0 aliphatic rings. The SMILES string of the molecule is COc1ccc(N(CC(=O)N(Cc2ccccc2Cl)[C@@H](Cc2ccccc2)C(=O)NC(C)(C)C)S(=O)(=O)c2ccccc2)cc1OC. The highest BCUT2D eigenvalue weighted by Crippen LogP contribution is 2.34. The fraction of sp³-hybridized carbons (Fsp3) is 0.278. The number of ether oxygens (including phenoxy) is 2. The van der Waals surface area contributed by atoms with Crippen LogP contribution in [0.15, 0.2) is 108 Å². The zero-order valence-corrected chi connectivity index (χ0v) is 28.7. The first-order valence-corrected chi connectivity index (χ1v) is 16.8. The Bertz CT molecular complexity index is 1780. The van der Waals surface area contributed by atoms with E-state index < -0.39 is 34.1 Å². The molecule has 1 atom stereocenters. The lowest BCUT2D eigenvalue weighted by Gasteiger charge is -2.35. The van der Waals surface area contributed by atoms with Crippen molar-refractivity contribution in [1.29, 1.82) is 0 Å². The lowest BCUT2D eigenvalue weighted by Crippen LogP contribution is -2.56. The zero-order valence-electron chi connectivity index (χ0n) is 27.1. The molecule has 47 heavy (non-hydrogen) atoms. The highest BCUT2D eigenvalue weighted by atomic mass is 35.5. The second kappa shape index (κ2) is 15.4. The number of nitrogens with one attached hydrogen (secondary N) is 1. The predicted molar refractivity (Wildman–Crippen MR) is 184 cm³/mol. The molecule has 0 radical (unpaired) electrons. The van der Waals surface area contributed by atoms with E-state index in [4.69, 9.17) is 21.1 Å². The third kappa shape index (κ3) is 9.05. The molecular weight excluding hydrogens is 638 g/mol. The summed E-state index contributed by atoms with van der Waals surface area (Å²) in [5.41, 5.74) is 1.00. The first kappa shape index (κ1) is 35.3. The number of carbonyl (C=O) groups is 2. The monoisotopic (exact) mass is 677 g/mol. The van der Waals surface area contributed by atoms with Crippen molar-refractivity contribution < 1.29 is 27.5 Å². The highest BCUT2D eigenvalue weighted by molar-refractivity contribution is 7.92. The summed E-state index contributed by atoms with van der Waals surface area (Å²) in [5.74, 6) is -0.318. The van der Waals surface area contributed by atoms with Crippen molar-refractivity contribution in [3.8, 4) is 11.5 Å². The number of benzene rings is 4. The van der Waals surface area contributed by atoms with E-state index in [1.165, 1.54) is 37.3 Å². The molecule has 0 bridgehead atoms. The van der Waals surface area contributed by atoms with Gasteiger partial charge in [-0.1, -0.05) is 78.3 Å². The van der Waals surface area contributed by atoms with E-state index in [0.29, 0.717) is 16.3 Å². The Morgan fingerprint density at radius 3 is 2.02 bits per heavy atom. The van der Waals surface area contributed by atoms with Crippen molar-refractivity contribution in [3.63, 3.8) is 0 Å². The highest BCUT2D eigenvalue weighted by Gasteiger charge is 2.36. The molecule has 0 spiro atoms. The maximum absolute atomic E-state index is 14.6. The number of anilines is 1. The number of rotatable bonds is 13. The van der Waals surface area contributed by atoms with Crippen molar-refractivity contribution in [2.24, 2.45) is 0 Å². The molecule has 4 aromatic carbocycles. The van der Waals surface area contributed by atoms with Gasteiger partial charge in [0.15, 0.2) is 11.5 Å². The number of hydrogen-bond acceptors (Lipinski definition) is 6. The molecule has 0 aliphatic carbocycles. The largest absolute Gasteiger partial charge is 0.493 e. The first-order valence-electron chi connectivity index (χ1n) is 15.0. The van der Waals surface area contributed by atoms with Gasteiger partial charge in [-0.05, 0) is 62.2 Å². The smallest absolute Gasteiger partial charge is 0.264 e. The molecule has 0 saturated carbocycles. The number of hydrogen-bond donors (Lipinski definition) is 1. The second-order valence-electron chi connectivity index (χ2n) is 11.9. The molecule has 1 N–H and O–H groups in total. The van der Waals surface area contributed by atoms with Crippen LogP contribution in [0, 0.1) is 0 Å². The molecule has 248 valence electrons. The summed E-state index contributed by atoms with van der Waals surface area (Å²) in [6.45, 7) is 4.91. The molecule has 0 aromatic heterocycles. The average molecular weight is 678 g/mol. The van der Waals surface area contributed by atoms with E-state index in [1.807, 2.05) is 51.1 Å². The van der Waals surface area contributed by atoms with Crippen LogP contribution in [-0.4, -0.2) is 57.5 Å². The Kier molecular flexibility index (Phi) is 11.5. The van der Waals surface area contributed by atoms with Crippen LogP contribution in [-0.2, 0) is 32.6 Å². The quantitative estimate of drug-likeness (QED) is 0.183. The van der Waals surface area contributed by atoms with Crippen LogP contribution in [0.25, 0.3) is 0 Å². The Morgan fingerprint density at radius 2 is 1.43 bits per heavy atom. The number of carbonyl (C=O) groups excluding carboxylic acids is 2. The zero-order chi connectivity index (χ0) is 34.2. The van der Waals surface area contributed by atoms with Gasteiger partial charge in [0.25, 0.3) is 10.0 Å². The van der Waals surface area contributed by atoms with Crippen LogP contribution in [0.4, 0.5) is 5.69 Å². The van der Waals surface area contributed by atoms with Gasteiger partial charge in [-0.3, -0.25) is 13.9 Å². The van der Waals surface area contributed by atoms with Gasteiger partial charge in [0.1, 0.15) is 12.6 Å². The maximum Gasteiger partial charge on any atom is 0.264 e. The van der Waals surface area contributed by atoms with Gasteiger partial charge >= 0.3 is 0 Å². The standard InChI is InChI=1S/C36H40ClN3O6S/c1-36(2,3)38-35(42)31(22-26-14-8-6-9-15-26)39(24-27-16-12-13-19-30(27)37)34(41)25-40(47(43,44)29-17-10-7-11-18-29)28-20-21-32(45-4)33(23-28)46-5/h6-21,23,31H,22,24-25H2,1-5H3,(H,38,42)/t31-/m0/s1. The summed E-state index contributed by atoms with van der Waals surface area (Å²) in [6, 6.07) is 27.9. The van der Waals surface area contributed by atoms with Gasteiger partial charge in [0, 0.05) is 29.6 Å². The Hall–Kier alpha value is -4.54. The van der Waals surface area contributed by atoms with Crippen LogP contribution >= 0.6 is 11.6 Å². The van der Waals surface area contributed by atoms with Crippen LogP contribution < -0.4 is 19.1 Å². The lowest BCUT2D eigenvalue weighted by atomic mass is 10.0. The van der Waals surface area contributed by atoms with E-state index in [0.717, 1.165) is 9.87 Å². The number of methoxy groups -OCH3 is 2. The van der Waals surface area contributed by atoms with Gasteiger partial charge in [0.2, 0.25) is 11.8 Å². The van der Waals surface area contributed by atoms with Gasteiger partial charge in [-0.15, -0.1) is 0 Å². The molecule has 0 heterocycles. The Labute approximate surface area is 282 Å². The molecule has 9 nitrogen and oxygen atoms in total. The van der Waals surface area contributed by atoms with Crippen molar-refractivity contribution in [2.75, 3.05) is 25.1 Å². The average Bonchev–Trinajstić information content (AvgIpc) is 3.05. The van der Waals surface area contributed by atoms with Gasteiger partial charge in [-0.2, -0.15) is 0 Å². The molecule has 11 heteroatoms. The van der Waals surface area contributed by atoms with Crippen LogP contribution in [0.5, 0.6) is 11.5 Å². The summed E-state index contributed by atoms with van der Waals surface area (Å²) in [5, 5.41) is 3.43. The number of halogens is 1. The summed E-state index contributed by atoms with van der Waals surface area (Å²) >= 11 is 6.57. The van der Waals surface area contributed by atoms with Crippen molar-refractivity contribution >= 4 is 39.1 Å². The maximum atomic E-state index is 14.6. The lowest BCUT2D eigenvalue weighted by molar-refractivity contribution is -0.140. The Balaban J connectivity index is 1.86. The second-order valence-corrected chi connectivity index (χ2v) is 14.2. The molecule has 0 saturated heterocycles. The summed E-state index contributed by atoms with van der Waals surface area (Å²) in [6.07, 6.45) is 0.181. The minimum atomic E-state index is -4.28. The summed E-state index contributed by atoms with van der Waals surface area (Å²) < 4.78 is 40.3. The van der Waals surface area contributed by atoms with Crippen molar-refractivity contribution in [2.45, 2.75) is 50.2 Å². The van der Waals surface area contributed by atoms with Gasteiger partial charge in [0.05, 0.1) is 24.8 Å². The topological polar surface area (TPSA) is 105 Å². The van der Waals surface area contributed by atoms with E-state index >= 15 is 0 Å². The number of sulfonamides is 1. The van der Waals surface area contributed by atoms with Crippen LogP contribution in [0.2, 0.25) is 5.02 Å². The fourth-order valence-electron chi connectivity index (χ4n) is 5.05. The molecule has 4 aromatic rings. The molecule has 0 unspecified atom stereocenters. The van der Waals surface area contributed by atoms with E-state index in [1.54, 1.807) is 54.6 Å². The fourth-order valence-corrected chi connectivity index (χ4v) is 6.67. The Morgan fingerprint density at radius 1 is 0.830 bits per heavy atom. The van der Waals surface area contributed by atoms with Crippen LogP contribution in [0.3, 0.4) is 0 Å². The third-order valence-electron chi connectivity index (χ3n) is 7.33. The van der Waals surface area contributed by atoms with E-state index in [-0.39, 0.29) is 35.2 Å². The van der Waals surface area contributed by atoms with Crippen molar-refractivity contribution in [1.82, 2.24) is 10.2 Å². The molecule has 0 fully saturated rings. The summed E-state index contributed by atoms with van der Waals surface area (Å²) in [7, 11) is -1.36. The normalized spacial score (nSPS) is 12.1. The van der Waals surface area contributed by atoms with Gasteiger partial charge < -0.3 is 19.7 Å². The first-order chi connectivity index (χ1) is 22.3. The van der Waals surface area contributed by atoms with E-state index in [2.05, 4.69) is 5.32 Å². The number of amides is 2. The summed E-state index contributed by atoms with van der Waals surface area (Å²) in [4.78, 5) is 30.1. The van der Waals surface area contributed by atoms with E-state index in [9.17, 15) is 18.0 Å². The predicted octanol–water partition coefficient (Wildman–Crippen LogP) is 6.11. The molecule has 4 rings (SSSR count). The molecular formula is C36H40ClN3O6S.